The van der Waals surface area contributed by atoms with Crippen LogP contribution in [0.5, 0.6) is 0 Å². The van der Waals surface area contributed by atoms with Gasteiger partial charge in [0.1, 0.15) is 5.82 Å². The van der Waals surface area contributed by atoms with Gasteiger partial charge in [0.05, 0.1) is 15.9 Å². The van der Waals surface area contributed by atoms with Crippen molar-refractivity contribution in [2.45, 2.75) is 18.2 Å². The Morgan fingerprint density at radius 1 is 1.40 bits per heavy atom. The second-order valence-electron chi connectivity index (χ2n) is 3.49. The summed E-state index contributed by atoms with van der Waals surface area (Å²) in [4.78, 5) is 7.71. The number of aromatic amines is 1. The highest BCUT2D eigenvalue weighted by Crippen LogP contribution is 2.17. The van der Waals surface area contributed by atoms with E-state index in [-0.39, 0.29) is 0 Å². The minimum Gasteiger partial charge on any atom is -0.342 e. The first-order chi connectivity index (χ1) is 7.00. The zero-order chi connectivity index (χ0) is 11.1. The van der Waals surface area contributed by atoms with E-state index in [2.05, 4.69) is 9.97 Å². The third kappa shape index (κ3) is 1.87. The Morgan fingerprint density at radius 2 is 2.13 bits per heavy atom. The lowest BCUT2D eigenvalue weighted by atomic mass is 10.3. The fraction of sp³-hybridized carbons (Fsp3) is 0.300. The first kappa shape index (κ1) is 10.2. The Kier molecular flexibility index (Phi) is 2.26. The van der Waals surface area contributed by atoms with Crippen molar-refractivity contribution in [3.05, 3.63) is 24.0 Å². The Balaban J connectivity index is 2.66. The number of aromatic nitrogens is 2. The molecule has 5 heteroatoms. The summed E-state index contributed by atoms with van der Waals surface area (Å²) >= 11 is 0. The van der Waals surface area contributed by atoms with Gasteiger partial charge in [-0.3, -0.25) is 0 Å². The summed E-state index contributed by atoms with van der Waals surface area (Å²) in [6.45, 7) is 2.00. The van der Waals surface area contributed by atoms with E-state index in [0.29, 0.717) is 4.90 Å². The summed E-state index contributed by atoms with van der Waals surface area (Å²) in [5.41, 5.74) is 1.58. The highest BCUT2D eigenvalue weighted by atomic mass is 32.2. The molecule has 4 nitrogen and oxygen atoms in total. The summed E-state index contributed by atoms with van der Waals surface area (Å²) < 4.78 is 22.6. The monoisotopic (exact) mass is 224 g/mol. The molecule has 2 aromatic rings. The van der Waals surface area contributed by atoms with E-state index in [9.17, 15) is 8.42 Å². The number of nitrogens with zero attached hydrogens (tertiary/aromatic N) is 1. The molecule has 0 unspecified atom stereocenters. The molecule has 0 saturated carbocycles. The number of aryl methyl sites for hydroxylation is 1. The van der Waals surface area contributed by atoms with E-state index in [0.717, 1.165) is 23.3 Å². The van der Waals surface area contributed by atoms with Crippen LogP contribution in [0.25, 0.3) is 11.0 Å². The van der Waals surface area contributed by atoms with Gasteiger partial charge in [0.2, 0.25) is 0 Å². The maximum atomic E-state index is 11.3. The predicted octanol–water partition coefficient (Wildman–Crippen LogP) is 1.53. The number of hydrogen-bond donors (Lipinski definition) is 1. The third-order valence-electron chi connectivity index (χ3n) is 2.27. The fourth-order valence-electron chi connectivity index (χ4n) is 1.44. The highest BCUT2D eigenvalue weighted by molar-refractivity contribution is 7.90. The Labute approximate surface area is 88.3 Å². The van der Waals surface area contributed by atoms with Crippen molar-refractivity contribution in [3.63, 3.8) is 0 Å². The van der Waals surface area contributed by atoms with Gasteiger partial charge in [-0.1, -0.05) is 6.92 Å². The van der Waals surface area contributed by atoms with Crippen LogP contribution < -0.4 is 0 Å². The number of sulfone groups is 1. The molecule has 80 valence electrons. The standard InChI is InChI=1S/C10H12N2O2S/c1-3-10-11-8-5-4-7(15(2,13)14)6-9(8)12-10/h4-6H,3H2,1-2H3,(H,11,12). The number of rotatable bonds is 2. The molecule has 0 aliphatic rings. The van der Waals surface area contributed by atoms with Crippen LogP contribution in [-0.4, -0.2) is 24.6 Å². The quantitative estimate of drug-likeness (QED) is 0.841. The lowest BCUT2D eigenvalue weighted by Crippen LogP contribution is -1.96. The molecule has 0 bridgehead atoms. The zero-order valence-corrected chi connectivity index (χ0v) is 9.43. The first-order valence-electron chi connectivity index (χ1n) is 4.69. The smallest absolute Gasteiger partial charge is 0.175 e. The number of benzene rings is 1. The molecule has 0 fully saturated rings. The minimum absolute atomic E-state index is 0.321. The van der Waals surface area contributed by atoms with Crippen LogP contribution in [0.1, 0.15) is 12.7 Å². The van der Waals surface area contributed by atoms with Gasteiger partial charge in [-0.15, -0.1) is 0 Å². The second-order valence-corrected chi connectivity index (χ2v) is 5.50. The van der Waals surface area contributed by atoms with Crippen molar-refractivity contribution in [1.82, 2.24) is 9.97 Å². The number of fused-ring (bicyclic) bond motifs is 1. The summed E-state index contributed by atoms with van der Waals surface area (Å²) in [5, 5.41) is 0. The van der Waals surface area contributed by atoms with E-state index in [1.807, 2.05) is 6.92 Å². The van der Waals surface area contributed by atoms with Crippen molar-refractivity contribution in [2.75, 3.05) is 6.26 Å². The maximum absolute atomic E-state index is 11.3. The zero-order valence-electron chi connectivity index (χ0n) is 8.61. The van der Waals surface area contributed by atoms with Gasteiger partial charge in [-0.2, -0.15) is 0 Å². The van der Waals surface area contributed by atoms with Crippen molar-refractivity contribution < 1.29 is 8.42 Å². The molecule has 1 aromatic heterocycles. The molecule has 0 atom stereocenters. The van der Waals surface area contributed by atoms with E-state index < -0.39 is 9.84 Å². The number of nitrogens with one attached hydrogen (secondary N) is 1. The summed E-state index contributed by atoms with van der Waals surface area (Å²) in [6.07, 6.45) is 2.01. The summed E-state index contributed by atoms with van der Waals surface area (Å²) in [5.74, 6) is 0.871. The minimum atomic E-state index is -3.14. The molecule has 0 amide bonds. The average Bonchev–Trinajstić information content (AvgIpc) is 2.57. The Morgan fingerprint density at radius 3 is 2.73 bits per heavy atom. The molecule has 1 heterocycles. The third-order valence-corrected chi connectivity index (χ3v) is 3.38. The number of H-pyrrole nitrogens is 1. The van der Waals surface area contributed by atoms with E-state index in [1.54, 1.807) is 18.2 Å². The predicted molar refractivity (Wildman–Crippen MR) is 58.6 cm³/mol. The van der Waals surface area contributed by atoms with Crippen molar-refractivity contribution in [1.29, 1.82) is 0 Å². The molecular formula is C10H12N2O2S. The Bertz CT molecular complexity index is 599. The van der Waals surface area contributed by atoms with Crippen LogP contribution in [0, 0.1) is 0 Å². The molecule has 2 rings (SSSR count). The largest absolute Gasteiger partial charge is 0.342 e. The molecule has 1 N–H and O–H groups in total. The van der Waals surface area contributed by atoms with Crippen molar-refractivity contribution >= 4 is 20.9 Å². The Hall–Kier alpha value is -1.36. The molecule has 0 radical (unpaired) electrons. The van der Waals surface area contributed by atoms with Crippen molar-refractivity contribution in [3.8, 4) is 0 Å². The summed E-state index contributed by atoms with van der Waals surface area (Å²) in [6, 6.07) is 4.93. The number of imidazole rings is 1. The molecule has 1 aromatic carbocycles. The van der Waals surface area contributed by atoms with E-state index in [1.165, 1.54) is 6.26 Å². The molecular weight excluding hydrogens is 212 g/mol. The van der Waals surface area contributed by atoms with Gasteiger partial charge in [0.15, 0.2) is 9.84 Å². The first-order valence-corrected chi connectivity index (χ1v) is 6.58. The van der Waals surface area contributed by atoms with E-state index >= 15 is 0 Å². The number of hydrogen-bond acceptors (Lipinski definition) is 3. The van der Waals surface area contributed by atoms with Crippen LogP contribution in [-0.2, 0) is 16.3 Å². The molecule has 15 heavy (non-hydrogen) atoms. The molecule has 0 saturated heterocycles. The summed E-state index contributed by atoms with van der Waals surface area (Å²) in [7, 11) is -3.14. The SMILES string of the molecule is CCc1nc2ccc(S(C)(=O)=O)cc2[nH]1. The van der Waals surface area contributed by atoms with Gasteiger partial charge in [0.25, 0.3) is 0 Å². The molecule has 0 aliphatic heterocycles. The maximum Gasteiger partial charge on any atom is 0.175 e. The van der Waals surface area contributed by atoms with Crippen LogP contribution in [0.3, 0.4) is 0 Å². The van der Waals surface area contributed by atoms with Crippen LogP contribution in [0.2, 0.25) is 0 Å². The lowest BCUT2D eigenvalue weighted by Gasteiger charge is -1.96. The van der Waals surface area contributed by atoms with Crippen LogP contribution in [0.15, 0.2) is 23.1 Å². The fourth-order valence-corrected chi connectivity index (χ4v) is 2.09. The van der Waals surface area contributed by atoms with Gasteiger partial charge in [0, 0.05) is 12.7 Å². The highest BCUT2D eigenvalue weighted by Gasteiger charge is 2.09. The molecule has 0 spiro atoms. The van der Waals surface area contributed by atoms with Gasteiger partial charge in [-0.25, -0.2) is 13.4 Å². The lowest BCUT2D eigenvalue weighted by molar-refractivity contribution is 0.602. The normalized spacial score (nSPS) is 12.1. The van der Waals surface area contributed by atoms with Crippen molar-refractivity contribution in [2.24, 2.45) is 0 Å². The van der Waals surface area contributed by atoms with Gasteiger partial charge in [-0.05, 0) is 18.2 Å². The van der Waals surface area contributed by atoms with Crippen LogP contribution in [0.4, 0.5) is 0 Å². The topological polar surface area (TPSA) is 62.8 Å². The van der Waals surface area contributed by atoms with Gasteiger partial charge >= 0.3 is 0 Å². The molecule has 0 aliphatic carbocycles. The van der Waals surface area contributed by atoms with Gasteiger partial charge < -0.3 is 4.98 Å². The average molecular weight is 224 g/mol. The van der Waals surface area contributed by atoms with Crippen LogP contribution >= 0.6 is 0 Å². The van der Waals surface area contributed by atoms with E-state index in [4.69, 9.17) is 0 Å². The second kappa shape index (κ2) is 3.34.